The maximum atomic E-state index is 11.2. The zero-order chi connectivity index (χ0) is 8.55. The van der Waals surface area contributed by atoms with Crippen molar-refractivity contribution in [2.75, 3.05) is 0 Å². The summed E-state index contributed by atoms with van der Waals surface area (Å²) in [6.07, 6.45) is 8.39. The topological polar surface area (TPSA) is 17.1 Å². The molecule has 0 bridgehead atoms. The number of benzene rings is 1. The van der Waals surface area contributed by atoms with Crippen LogP contribution in [0.2, 0.25) is 0 Å². The number of Topliss-reactive ketones (excluding diaryl/α,β-unsaturated/α-hetero) is 1. The number of hydrogen-bond donors (Lipinski definition) is 0. The van der Waals surface area contributed by atoms with E-state index < -0.39 is 0 Å². The van der Waals surface area contributed by atoms with E-state index in [0.29, 0.717) is 12.0 Å². The maximum absolute atomic E-state index is 11.2. The third-order valence-corrected chi connectivity index (χ3v) is 2.18. The van der Waals surface area contributed by atoms with Gasteiger partial charge in [0.2, 0.25) is 0 Å². The molecule has 0 amide bonds. The summed E-state index contributed by atoms with van der Waals surface area (Å²) < 4.78 is 0. The molecule has 0 aromatic heterocycles. The quantitative estimate of drug-likeness (QED) is 0.502. The number of hydrogen-bond acceptors (Lipinski definition) is 1. The molecular formula is C11H7OY-. The Bertz CT molecular complexity index is 388. The molecule has 0 atom stereocenters. The molecule has 1 nitrogen and oxygen atoms in total. The second-order valence-corrected chi connectivity index (χ2v) is 2.92. The molecule has 61 valence electrons. The number of carbonyl (C=O) groups excluding carboxylic acids is 1. The SMILES string of the molecule is [C-]#Cc1ccc2c(c1)C(=O)CC2.[Y]. The molecule has 13 heavy (non-hydrogen) atoms. The van der Waals surface area contributed by atoms with Crippen molar-refractivity contribution in [3.8, 4) is 5.92 Å². The summed E-state index contributed by atoms with van der Waals surface area (Å²) in [5, 5.41) is 0. The molecule has 0 spiro atoms. The first-order valence-electron chi connectivity index (χ1n) is 3.90. The summed E-state index contributed by atoms with van der Waals surface area (Å²) >= 11 is 0. The maximum Gasteiger partial charge on any atom is 0.161 e. The van der Waals surface area contributed by atoms with Crippen LogP contribution in [0.25, 0.3) is 0 Å². The molecule has 0 heterocycles. The fourth-order valence-corrected chi connectivity index (χ4v) is 1.51. The summed E-state index contributed by atoms with van der Waals surface area (Å²) in [6.45, 7) is 0. The third kappa shape index (κ3) is 1.90. The number of carbonyl (C=O) groups is 1. The van der Waals surface area contributed by atoms with E-state index in [1.165, 1.54) is 0 Å². The van der Waals surface area contributed by atoms with E-state index in [-0.39, 0.29) is 38.5 Å². The summed E-state index contributed by atoms with van der Waals surface area (Å²) in [5.41, 5.74) is 2.58. The molecule has 0 fully saturated rings. The van der Waals surface area contributed by atoms with E-state index in [1.807, 2.05) is 12.1 Å². The molecule has 1 aromatic carbocycles. The molecule has 1 aliphatic rings. The monoisotopic (exact) mass is 244 g/mol. The van der Waals surface area contributed by atoms with Gasteiger partial charge in [0.05, 0.1) is 0 Å². The zero-order valence-electron chi connectivity index (χ0n) is 7.13. The third-order valence-electron chi connectivity index (χ3n) is 2.18. The predicted octanol–water partition coefficient (Wildman–Crippen LogP) is 1.75. The van der Waals surface area contributed by atoms with Gasteiger partial charge in [0.25, 0.3) is 0 Å². The van der Waals surface area contributed by atoms with E-state index in [1.54, 1.807) is 6.07 Å². The van der Waals surface area contributed by atoms with Crippen LogP contribution in [0.1, 0.15) is 27.9 Å². The van der Waals surface area contributed by atoms with Gasteiger partial charge in [-0.15, -0.1) is 17.7 Å². The van der Waals surface area contributed by atoms with Crippen LogP contribution in [0.15, 0.2) is 18.2 Å². The fourth-order valence-electron chi connectivity index (χ4n) is 1.51. The van der Waals surface area contributed by atoms with Crippen molar-refractivity contribution in [1.29, 1.82) is 0 Å². The minimum atomic E-state index is 0. The van der Waals surface area contributed by atoms with Gasteiger partial charge in [-0.3, -0.25) is 10.7 Å². The van der Waals surface area contributed by atoms with Gasteiger partial charge in [-0.25, -0.2) is 0 Å². The first-order valence-corrected chi connectivity index (χ1v) is 3.90. The molecule has 0 saturated heterocycles. The van der Waals surface area contributed by atoms with Crippen molar-refractivity contribution < 1.29 is 37.5 Å². The van der Waals surface area contributed by atoms with E-state index in [2.05, 4.69) is 5.92 Å². The minimum absolute atomic E-state index is 0. The molecule has 1 aromatic rings. The van der Waals surface area contributed by atoms with Crippen molar-refractivity contribution in [3.05, 3.63) is 41.3 Å². The van der Waals surface area contributed by atoms with Crippen molar-refractivity contribution in [2.45, 2.75) is 12.8 Å². The Hall–Kier alpha value is -0.446. The summed E-state index contributed by atoms with van der Waals surface area (Å²) in [6, 6.07) is 5.49. The Morgan fingerprint density at radius 3 is 2.77 bits per heavy atom. The van der Waals surface area contributed by atoms with Crippen molar-refractivity contribution in [3.63, 3.8) is 0 Å². The minimum Gasteiger partial charge on any atom is -0.366 e. The first kappa shape index (κ1) is 10.6. The first-order chi connectivity index (χ1) is 5.81. The second-order valence-electron chi connectivity index (χ2n) is 2.92. The Labute approximate surface area is 103 Å². The molecule has 0 unspecified atom stereocenters. The van der Waals surface area contributed by atoms with Gasteiger partial charge in [0.1, 0.15) is 0 Å². The predicted molar refractivity (Wildman–Crippen MR) is 45.3 cm³/mol. The molecule has 2 rings (SSSR count). The van der Waals surface area contributed by atoms with Crippen LogP contribution in [-0.4, -0.2) is 5.78 Å². The van der Waals surface area contributed by atoms with E-state index >= 15 is 0 Å². The van der Waals surface area contributed by atoms with Crippen molar-refractivity contribution in [1.82, 2.24) is 0 Å². The Balaban J connectivity index is 0.000000845. The molecular weight excluding hydrogens is 237 g/mol. The smallest absolute Gasteiger partial charge is 0.161 e. The summed E-state index contributed by atoms with van der Waals surface area (Å²) in [4.78, 5) is 11.2. The molecule has 0 saturated carbocycles. The van der Waals surface area contributed by atoms with Crippen molar-refractivity contribution >= 4 is 5.78 Å². The van der Waals surface area contributed by atoms with Gasteiger partial charge in [0, 0.05) is 44.7 Å². The van der Waals surface area contributed by atoms with Crippen LogP contribution in [0.3, 0.4) is 0 Å². The molecule has 2 heteroatoms. The second kappa shape index (κ2) is 4.18. The van der Waals surface area contributed by atoms with Gasteiger partial charge in [-0.2, -0.15) is 0 Å². The number of ketones is 1. The fraction of sp³-hybridized carbons (Fsp3) is 0.182. The van der Waals surface area contributed by atoms with Gasteiger partial charge >= 0.3 is 0 Å². The van der Waals surface area contributed by atoms with Gasteiger partial charge in [0.15, 0.2) is 5.78 Å². The number of fused-ring (bicyclic) bond motifs is 1. The largest absolute Gasteiger partial charge is 0.366 e. The van der Waals surface area contributed by atoms with Crippen LogP contribution < -0.4 is 0 Å². The standard InChI is InChI=1S/C11H7O.Y/c1-2-8-3-4-9-5-6-11(12)10(9)7-8;/h3-4,7H,5-6H2;/q-1;. The van der Waals surface area contributed by atoms with Crippen molar-refractivity contribution in [2.24, 2.45) is 0 Å². The van der Waals surface area contributed by atoms with Gasteiger partial charge < -0.3 is 6.42 Å². The number of rotatable bonds is 0. The average molecular weight is 244 g/mol. The molecule has 1 aliphatic carbocycles. The summed E-state index contributed by atoms with van der Waals surface area (Å²) in [5.74, 6) is 2.47. The van der Waals surface area contributed by atoms with Crippen LogP contribution in [0.5, 0.6) is 0 Å². The normalized spacial score (nSPS) is 13.0. The average Bonchev–Trinajstić information content (AvgIpc) is 2.47. The van der Waals surface area contributed by atoms with Gasteiger partial charge in [-0.05, 0) is 12.0 Å². The van der Waals surface area contributed by atoms with E-state index in [0.717, 1.165) is 17.5 Å². The van der Waals surface area contributed by atoms with Crippen LogP contribution in [0, 0.1) is 12.3 Å². The van der Waals surface area contributed by atoms with E-state index in [4.69, 9.17) is 6.42 Å². The van der Waals surface area contributed by atoms with Crippen LogP contribution in [0.4, 0.5) is 0 Å². The Kier molecular flexibility index (Phi) is 3.42. The van der Waals surface area contributed by atoms with Crippen LogP contribution >= 0.6 is 0 Å². The molecule has 0 N–H and O–H groups in total. The number of aryl methyl sites for hydroxylation is 1. The van der Waals surface area contributed by atoms with E-state index in [9.17, 15) is 4.79 Å². The molecule has 0 aliphatic heterocycles. The Morgan fingerprint density at radius 1 is 1.31 bits per heavy atom. The summed E-state index contributed by atoms with van der Waals surface area (Å²) in [7, 11) is 0. The van der Waals surface area contributed by atoms with Crippen LogP contribution in [-0.2, 0) is 39.1 Å². The Morgan fingerprint density at radius 2 is 2.08 bits per heavy atom. The zero-order valence-corrected chi connectivity index (χ0v) is 9.97. The molecule has 1 radical (unpaired) electrons. The van der Waals surface area contributed by atoms with Gasteiger partial charge in [-0.1, -0.05) is 6.07 Å².